The molecule has 3 aliphatic carbocycles. The molecule has 10 rings (SSSR count). The molecule has 0 saturated heterocycles. The summed E-state index contributed by atoms with van der Waals surface area (Å²) in [6.45, 7) is 0. The van der Waals surface area contributed by atoms with Gasteiger partial charge in [0, 0.05) is 17.3 Å². The van der Waals surface area contributed by atoms with Crippen molar-refractivity contribution in [1.29, 1.82) is 0 Å². The van der Waals surface area contributed by atoms with Gasteiger partial charge in [-0.05, 0) is 92.2 Å². The molecule has 1 nitrogen and oxygen atoms in total. The second kappa shape index (κ2) is 12.5. The minimum absolute atomic E-state index is 0.0973. The summed E-state index contributed by atoms with van der Waals surface area (Å²) in [5.41, 5.74) is 16.7. The van der Waals surface area contributed by atoms with Crippen LogP contribution in [0, 0.1) is 0 Å². The first-order valence-corrected chi connectivity index (χ1v) is 18.6. The zero-order chi connectivity index (χ0) is 34.5. The number of allylic oxidation sites excluding steroid dienone is 4. The van der Waals surface area contributed by atoms with Crippen molar-refractivity contribution >= 4 is 11.4 Å². The fourth-order valence-corrected chi connectivity index (χ4v) is 9.44. The van der Waals surface area contributed by atoms with E-state index >= 15 is 0 Å². The Balaban J connectivity index is 1.26. The fourth-order valence-electron chi connectivity index (χ4n) is 9.44. The number of nitrogens with zero attached hydrogens (tertiary/aromatic N) is 1. The molecular weight excluding hydrogens is 627 g/mol. The lowest BCUT2D eigenvalue weighted by molar-refractivity contribution is 0.678. The normalized spacial score (nSPS) is 17.5. The van der Waals surface area contributed by atoms with Crippen LogP contribution in [0.1, 0.15) is 57.3 Å². The lowest BCUT2D eigenvalue weighted by Gasteiger charge is -2.41. The molecule has 7 aromatic rings. The van der Waals surface area contributed by atoms with Crippen molar-refractivity contribution in [2.45, 2.75) is 30.2 Å². The maximum absolute atomic E-state index is 2.68. The van der Waals surface area contributed by atoms with Crippen LogP contribution in [-0.2, 0) is 11.8 Å². The van der Waals surface area contributed by atoms with Gasteiger partial charge in [-0.15, -0.1) is 0 Å². The molecule has 7 aromatic carbocycles. The van der Waals surface area contributed by atoms with Gasteiger partial charge in [0.25, 0.3) is 0 Å². The summed E-state index contributed by atoms with van der Waals surface area (Å²) in [5.74, 6) is 0.307. The number of fused-ring (bicyclic) bond motifs is 6. The molecule has 0 N–H and O–H groups in total. The molecular formula is C51H39N. The van der Waals surface area contributed by atoms with Crippen LogP contribution in [0.4, 0.5) is 11.4 Å². The van der Waals surface area contributed by atoms with Crippen molar-refractivity contribution in [3.8, 4) is 22.3 Å². The second-order valence-electron chi connectivity index (χ2n) is 14.3. The highest BCUT2D eigenvalue weighted by Gasteiger charge is 2.46. The Hall–Kier alpha value is -6.18. The van der Waals surface area contributed by atoms with Crippen LogP contribution in [0.2, 0.25) is 0 Å². The topological polar surface area (TPSA) is 3.24 Å². The Morgan fingerprint density at radius 2 is 1.10 bits per heavy atom. The summed E-state index contributed by atoms with van der Waals surface area (Å²) in [6, 6.07) is 66.0. The van der Waals surface area contributed by atoms with Crippen LogP contribution in [0.25, 0.3) is 22.3 Å². The molecule has 0 saturated carbocycles. The van der Waals surface area contributed by atoms with Crippen LogP contribution in [0.3, 0.4) is 0 Å². The third kappa shape index (κ3) is 4.69. The third-order valence-electron chi connectivity index (χ3n) is 11.6. The molecule has 3 aliphatic rings. The van der Waals surface area contributed by atoms with Gasteiger partial charge in [0.1, 0.15) is 0 Å². The lowest BCUT2D eigenvalue weighted by atomic mass is 9.67. The average molecular weight is 666 g/mol. The monoisotopic (exact) mass is 665 g/mol. The second-order valence-corrected chi connectivity index (χ2v) is 14.3. The van der Waals surface area contributed by atoms with E-state index in [2.05, 4.69) is 205 Å². The minimum Gasteiger partial charge on any atom is -0.333 e. The maximum atomic E-state index is 2.68. The number of benzene rings is 7. The van der Waals surface area contributed by atoms with Gasteiger partial charge in [-0.2, -0.15) is 0 Å². The van der Waals surface area contributed by atoms with Crippen molar-refractivity contribution in [3.05, 3.63) is 239 Å². The molecule has 248 valence electrons. The number of hydrogen-bond donors (Lipinski definition) is 0. The molecule has 0 fully saturated rings. The Kier molecular flexibility index (Phi) is 7.39. The SMILES string of the molecule is C1=CCC(c2ccccc2N(c2ccc3c(c2)C(c2ccccc2)(c2ccccc2)c2ccccc2-3)C2Cc3ccccc3-c3ccccc32)C=C1. The highest BCUT2D eigenvalue weighted by atomic mass is 15.2. The molecule has 0 spiro atoms. The largest absolute Gasteiger partial charge is 0.333 e. The Morgan fingerprint density at radius 1 is 0.481 bits per heavy atom. The highest BCUT2D eigenvalue weighted by Crippen LogP contribution is 2.58. The summed E-state index contributed by atoms with van der Waals surface area (Å²) in [4.78, 5) is 2.68. The smallest absolute Gasteiger partial charge is 0.0714 e. The van der Waals surface area contributed by atoms with E-state index in [9.17, 15) is 0 Å². The average Bonchev–Trinajstić information content (AvgIpc) is 3.52. The van der Waals surface area contributed by atoms with Crippen LogP contribution in [0.5, 0.6) is 0 Å². The van der Waals surface area contributed by atoms with Crippen molar-refractivity contribution in [2.24, 2.45) is 0 Å². The molecule has 0 aromatic heterocycles. The quantitative estimate of drug-likeness (QED) is 0.171. The van der Waals surface area contributed by atoms with E-state index in [0.29, 0.717) is 5.92 Å². The highest BCUT2D eigenvalue weighted by molar-refractivity contribution is 5.89. The molecule has 0 bridgehead atoms. The van der Waals surface area contributed by atoms with Crippen molar-refractivity contribution in [1.82, 2.24) is 0 Å². The van der Waals surface area contributed by atoms with E-state index in [1.807, 2.05) is 0 Å². The summed E-state index contributed by atoms with van der Waals surface area (Å²) < 4.78 is 0. The van der Waals surface area contributed by atoms with E-state index in [1.165, 1.54) is 72.6 Å². The Labute approximate surface area is 306 Å². The Bertz CT molecular complexity index is 2450. The Morgan fingerprint density at radius 3 is 1.85 bits per heavy atom. The first-order valence-electron chi connectivity index (χ1n) is 18.6. The van der Waals surface area contributed by atoms with Crippen LogP contribution in [0.15, 0.2) is 200 Å². The summed E-state index contributed by atoms with van der Waals surface area (Å²) in [6.07, 6.45) is 11.0. The number of rotatable bonds is 6. The zero-order valence-corrected chi connectivity index (χ0v) is 29.1. The number of para-hydroxylation sites is 1. The minimum atomic E-state index is -0.469. The molecule has 0 amide bonds. The molecule has 0 aliphatic heterocycles. The zero-order valence-electron chi connectivity index (χ0n) is 29.1. The standard InChI is InChI=1S/C51H39N/c1-4-18-36(19-5-1)42-26-15-17-31-49(42)52(50-34-37-20-10-11-25-41(37)43-27-12-13-29-46(43)50)40-32-33-45-44-28-14-16-30-47(44)51(48(45)35-40,38-21-6-2-7-22-38)39-23-8-3-9-24-39/h1-18,20-33,35-36,50H,19,34H2. The molecule has 1 heteroatoms. The maximum Gasteiger partial charge on any atom is 0.0714 e. The van der Waals surface area contributed by atoms with Gasteiger partial charge in [-0.1, -0.05) is 182 Å². The van der Waals surface area contributed by atoms with Crippen molar-refractivity contribution in [3.63, 3.8) is 0 Å². The van der Waals surface area contributed by atoms with Gasteiger partial charge in [-0.25, -0.2) is 0 Å². The summed E-state index contributed by atoms with van der Waals surface area (Å²) >= 11 is 0. The number of anilines is 2. The van der Waals surface area contributed by atoms with E-state index in [-0.39, 0.29) is 6.04 Å². The molecule has 2 unspecified atom stereocenters. The predicted octanol–water partition coefficient (Wildman–Crippen LogP) is 12.8. The first kappa shape index (κ1) is 30.6. The van der Waals surface area contributed by atoms with E-state index < -0.39 is 5.41 Å². The van der Waals surface area contributed by atoms with Crippen molar-refractivity contribution in [2.75, 3.05) is 4.90 Å². The van der Waals surface area contributed by atoms with E-state index in [4.69, 9.17) is 0 Å². The first-order chi connectivity index (χ1) is 25.8. The third-order valence-corrected chi connectivity index (χ3v) is 11.6. The van der Waals surface area contributed by atoms with Gasteiger partial charge in [-0.3, -0.25) is 0 Å². The number of hydrogen-bond acceptors (Lipinski definition) is 1. The molecule has 2 atom stereocenters. The van der Waals surface area contributed by atoms with Crippen LogP contribution in [-0.4, -0.2) is 0 Å². The van der Waals surface area contributed by atoms with Gasteiger partial charge in [0.05, 0.1) is 11.5 Å². The van der Waals surface area contributed by atoms with E-state index in [1.54, 1.807) is 0 Å². The predicted molar refractivity (Wildman–Crippen MR) is 216 cm³/mol. The molecule has 0 heterocycles. The molecule has 52 heavy (non-hydrogen) atoms. The van der Waals surface area contributed by atoms with Crippen LogP contribution < -0.4 is 4.90 Å². The fraction of sp³-hybridized carbons (Fsp3) is 0.0980. The van der Waals surface area contributed by atoms with Gasteiger partial charge < -0.3 is 4.90 Å². The van der Waals surface area contributed by atoms with Crippen LogP contribution >= 0.6 is 0 Å². The van der Waals surface area contributed by atoms with Crippen molar-refractivity contribution < 1.29 is 0 Å². The van der Waals surface area contributed by atoms with E-state index in [0.717, 1.165) is 12.8 Å². The van der Waals surface area contributed by atoms with Gasteiger partial charge in [0.15, 0.2) is 0 Å². The van der Waals surface area contributed by atoms with Gasteiger partial charge >= 0.3 is 0 Å². The van der Waals surface area contributed by atoms with Gasteiger partial charge in [0.2, 0.25) is 0 Å². The lowest BCUT2D eigenvalue weighted by Crippen LogP contribution is -2.31. The summed E-state index contributed by atoms with van der Waals surface area (Å²) in [5, 5.41) is 0. The molecule has 0 radical (unpaired) electrons. The summed E-state index contributed by atoms with van der Waals surface area (Å²) in [7, 11) is 0.